The summed E-state index contributed by atoms with van der Waals surface area (Å²) in [5.41, 5.74) is 16.0. The lowest BCUT2D eigenvalue weighted by molar-refractivity contribution is 0.400. The van der Waals surface area contributed by atoms with E-state index in [1.165, 1.54) is 45.1 Å². The molecule has 7 rings (SSSR count). The van der Waals surface area contributed by atoms with Gasteiger partial charge < -0.3 is 14.8 Å². The van der Waals surface area contributed by atoms with E-state index in [1.54, 1.807) is 4.90 Å². The Kier molecular flexibility index (Phi) is 14.3. The van der Waals surface area contributed by atoms with Gasteiger partial charge in [0.2, 0.25) is 0 Å². The largest absolute Gasteiger partial charge is 0.385 e. The van der Waals surface area contributed by atoms with E-state index in [4.69, 9.17) is 16.6 Å². The topological polar surface area (TPSA) is 84.0 Å². The van der Waals surface area contributed by atoms with Gasteiger partial charge in [0.1, 0.15) is 11.0 Å². The predicted molar refractivity (Wildman–Crippen MR) is 277 cm³/mol. The van der Waals surface area contributed by atoms with E-state index < -0.39 is 5.41 Å². The highest BCUT2D eigenvalue weighted by Gasteiger charge is 2.35. The lowest BCUT2D eigenvalue weighted by Crippen LogP contribution is -2.28. The molecular formula is C57H68ClN7. The monoisotopic (exact) mass is 886 g/mol. The highest BCUT2D eigenvalue weighted by Crippen LogP contribution is 2.46. The van der Waals surface area contributed by atoms with Crippen molar-refractivity contribution in [2.24, 2.45) is 11.3 Å². The molecule has 0 radical (unpaired) electrons. The Morgan fingerprint density at radius 3 is 2.48 bits per heavy atom. The molecule has 1 aliphatic carbocycles. The third kappa shape index (κ3) is 9.08. The van der Waals surface area contributed by atoms with Gasteiger partial charge in [-0.15, -0.1) is 0 Å². The first-order valence-corrected chi connectivity index (χ1v) is 24.2. The molecule has 0 spiro atoms. The third-order valence-corrected chi connectivity index (χ3v) is 14.8. The molecule has 3 atom stereocenters. The number of anilines is 2. The summed E-state index contributed by atoms with van der Waals surface area (Å²) in [4.78, 5) is 9.40. The maximum absolute atomic E-state index is 9.98. The molecular weight excluding hydrogens is 818 g/mol. The average Bonchev–Trinajstić information content (AvgIpc) is 3.58. The molecule has 2 aromatic heterocycles. The lowest BCUT2D eigenvalue weighted by Gasteiger charge is -2.32. The van der Waals surface area contributed by atoms with Crippen molar-refractivity contribution in [3.8, 4) is 6.07 Å². The first-order chi connectivity index (χ1) is 31.3. The molecule has 0 amide bonds. The van der Waals surface area contributed by atoms with Gasteiger partial charge in [0.15, 0.2) is 0 Å². The van der Waals surface area contributed by atoms with E-state index in [0.29, 0.717) is 28.4 Å². The van der Waals surface area contributed by atoms with Crippen molar-refractivity contribution in [3.05, 3.63) is 154 Å². The van der Waals surface area contributed by atoms with E-state index in [-0.39, 0.29) is 0 Å². The van der Waals surface area contributed by atoms with E-state index in [2.05, 4.69) is 163 Å². The van der Waals surface area contributed by atoms with Gasteiger partial charge in [0.05, 0.1) is 23.0 Å². The van der Waals surface area contributed by atoms with Crippen molar-refractivity contribution in [1.82, 2.24) is 14.5 Å². The molecule has 0 saturated carbocycles. The van der Waals surface area contributed by atoms with Gasteiger partial charge in [0.25, 0.3) is 0 Å². The van der Waals surface area contributed by atoms with Crippen LogP contribution >= 0.6 is 11.6 Å². The standard InChI is InChI=1S/C57H68ClN7/c1-12-18-39(24-27-64-28-25-42-29-44(20-22-53(42)64)65(38(9)58)56(60)48-32-47-37(8)46(47)30-41(48)15-4)23-26-61-43-19-21-52-49(31-43)45(16-5)50-35-63(11)54(55(50)62-52)33-51(40(13-2)14-3)57(10,17-6)36(7)34-59/h13,19-22,25,28-33,37,39,60-61H,2,7,9,12,14-18,23-24,26-27,35H2,1,3-6,8,10-11H3/b51-40-,54-33-,60-56?/t37?,39?,57-/m0/s1. The summed E-state index contributed by atoms with van der Waals surface area (Å²) in [6, 6.07) is 22.0. The maximum atomic E-state index is 9.98. The highest BCUT2D eigenvalue weighted by molar-refractivity contribution is 6.34. The molecule has 2 aliphatic rings. The third-order valence-electron chi connectivity index (χ3n) is 14.6. The van der Waals surface area contributed by atoms with E-state index in [9.17, 15) is 10.7 Å². The average molecular weight is 887 g/mol. The molecule has 3 aromatic carbocycles. The van der Waals surface area contributed by atoms with Crippen LogP contribution < -0.4 is 10.2 Å². The number of allylic oxidation sites excluding steroid dienone is 5. The van der Waals surface area contributed by atoms with Crippen LogP contribution in [0.4, 0.5) is 11.4 Å². The Labute approximate surface area is 393 Å². The van der Waals surface area contributed by atoms with Crippen LogP contribution in [0.25, 0.3) is 27.5 Å². The summed E-state index contributed by atoms with van der Waals surface area (Å²) in [6.07, 6.45) is 14.2. The number of aryl methyl sites for hydroxylation is 3. The van der Waals surface area contributed by atoms with Crippen LogP contribution in [0, 0.1) is 28.1 Å². The molecule has 1 aliphatic heterocycles. The molecule has 8 heteroatoms. The molecule has 3 heterocycles. The van der Waals surface area contributed by atoms with Crippen LogP contribution in [0.5, 0.6) is 0 Å². The van der Waals surface area contributed by atoms with Crippen LogP contribution in [-0.2, 0) is 25.9 Å². The number of benzene rings is 3. The Hall–Kier alpha value is -5.84. The summed E-state index contributed by atoms with van der Waals surface area (Å²) in [7, 11) is 2.14. The van der Waals surface area contributed by atoms with E-state index >= 15 is 0 Å². The minimum Gasteiger partial charge on any atom is -0.385 e. The summed E-state index contributed by atoms with van der Waals surface area (Å²) >= 11 is 6.64. The molecule has 2 unspecified atom stereocenters. The minimum absolute atomic E-state index is 0.312. The second-order valence-electron chi connectivity index (χ2n) is 18.3. The van der Waals surface area contributed by atoms with Crippen LogP contribution in [0.1, 0.15) is 132 Å². The van der Waals surface area contributed by atoms with Crippen molar-refractivity contribution < 1.29 is 0 Å². The molecule has 0 fully saturated rings. The van der Waals surface area contributed by atoms with Crippen LogP contribution in [0.2, 0.25) is 0 Å². The quantitative estimate of drug-likeness (QED) is 0.0267. The van der Waals surface area contributed by atoms with Gasteiger partial charge in [0, 0.05) is 88.6 Å². The van der Waals surface area contributed by atoms with Crippen molar-refractivity contribution in [3.63, 3.8) is 0 Å². The number of nitriles is 1. The number of rotatable bonds is 20. The summed E-state index contributed by atoms with van der Waals surface area (Å²) < 4.78 is 2.37. The Morgan fingerprint density at radius 1 is 1.05 bits per heavy atom. The second-order valence-corrected chi connectivity index (χ2v) is 18.8. The van der Waals surface area contributed by atoms with Crippen LogP contribution in [0.3, 0.4) is 0 Å². The number of amidine groups is 1. The van der Waals surface area contributed by atoms with Crippen molar-refractivity contribution >= 4 is 56.3 Å². The van der Waals surface area contributed by atoms with Crippen molar-refractivity contribution in [2.45, 2.75) is 119 Å². The minimum atomic E-state index is -0.508. The van der Waals surface area contributed by atoms with Crippen LogP contribution in [-0.4, -0.2) is 33.9 Å². The Balaban J connectivity index is 1.05. The summed E-state index contributed by atoms with van der Waals surface area (Å²) in [5, 5.41) is 25.7. The molecule has 7 nitrogen and oxygen atoms in total. The lowest BCUT2D eigenvalue weighted by atomic mass is 9.71. The zero-order valence-electron chi connectivity index (χ0n) is 40.1. The second kappa shape index (κ2) is 19.7. The summed E-state index contributed by atoms with van der Waals surface area (Å²) in [5.74, 6) is 1.41. The number of hydrogen-bond acceptors (Lipinski definition) is 5. The fraction of sp³-hybridized carbons (Fsp3) is 0.386. The van der Waals surface area contributed by atoms with Crippen molar-refractivity contribution in [2.75, 3.05) is 23.8 Å². The Bertz CT molecular complexity index is 2800. The maximum Gasteiger partial charge on any atom is 0.138 e. The first-order valence-electron chi connectivity index (χ1n) is 23.8. The fourth-order valence-corrected chi connectivity index (χ4v) is 10.4. The van der Waals surface area contributed by atoms with Gasteiger partial charge in [-0.25, -0.2) is 4.98 Å². The van der Waals surface area contributed by atoms with Crippen molar-refractivity contribution in [1.29, 1.82) is 10.7 Å². The zero-order chi connectivity index (χ0) is 46.7. The molecule has 0 saturated heterocycles. The highest BCUT2D eigenvalue weighted by atomic mass is 35.5. The molecule has 0 bridgehead atoms. The van der Waals surface area contributed by atoms with Gasteiger partial charge in [-0.2, -0.15) is 5.26 Å². The Morgan fingerprint density at radius 2 is 1.82 bits per heavy atom. The number of pyridine rings is 1. The summed E-state index contributed by atoms with van der Waals surface area (Å²) in [6.45, 7) is 30.3. The molecule has 2 N–H and O–H groups in total. The number of hydrogen-bond donors (Lipinski definition) is 2. The SMILES string of the molecule is C=C/C(CC)=C(\C=C1\c2nc3ccc(NCCC(CCC)CCn4ccc5cc(N(C(=C)Cl)C(=N)c6cc7c(cc6CC)C7C)ccc54)cc3c(CC)c2CN1C)[C@@](C)(CC)C(=C)C#N. The predicted octanol–water partition coefficient (Wildman–Crippen LogP) is 14.8. The van der Waals surface area contributed by atoms with Gasteiger partial charge >= 0.3 is 0 Å². The zero-order valence-corrected chi connectivity index (χ0v) is 40.9. The fourth-order valence-electron chi connectivity index (χ4n) is 10.3. The first kappa shape index (κ1) is 47.1. The number of halogens is 1. The van der Waals surface area contributed by atoms with Gasteiger partial charge in [-0.3, -0.25) is 10.3 Å². The van der Waals surface area contributed by atoms with Gasteiger partial charge in [-0.05, 0) is 132 Å². The molecule has 338 valence electrons. The number of nitrogens with zero attached hydrogens (tertiary/aromatic N) is 5. The normalized spacial score (nSPS) is 16.4. The molecule has 5 aromatic rings. The molecule has 65 heavy (non-hydrogen) atoms. The number of fused-ring (bicyclic) bond motifs is 4. The number of nitrogens with one attached hydrogen (secondary N) is 2. The van der Waals surface area contributed by atoms with Crippen LogP contribution in [0.15, 0.2) is 115 Å². The van der Waals surface area contributed by atoms with Gasteiger partial charge in [-0.1, -0.05) is 105 Å². The van der Waals surface area contributed by atoms with E-state index in [1.807, 2.05) is 6.08 Å². The van der Waals surface area contributed by atoms with E-state index in [0.717, 1.165) is 115 Å². The smallest absolute Gasteiger partial charge is 0.138 e. The number of aromatic nitrogens is 2.